The molecule has 4 nitrogen and oxygen atoms in total. The van der Waals surface area contributed by atoms with E-state index in [4.69, 9.17) is 13.3 Å². The number of rotatable bonds is 20. The molecular formula is C23H52NO3Si+. The Kier molecular flexibility index (Phi) is 16.8. The Morgan fingerprint density at radius 2 is 0.964 bits per heavy atom. The molecule has 170 valence electrons. The van der Waals surface area contributed by atoms with Crippen molar-refractivity contribution in [2.45, 2.75) is 117 Å². The van der Waals surface area contributed by atoms with Crippen molar-refractivity contribution in [3.05, 3.63) is 0 Å². The number of unbranched alkanes of at least 4 members (excludes halogenated alkanes) is 10. The van der Waals surface area contributed by atoms with Crippen LogP contribution < -0.4 is 0 Å². The monoisotopic (exact) mass is 418 g/mol. The predicted molar refractivity (Wildman–Crippen MR) is 123 cm³/mol. The smallest absolute Gasteiger partial charge is 0.328 e. The van der Waals surface area contributed by atoms with Gasteiger partial charge in [0.25, 0.3) is 0 Å². The summed E-state index contributed by atoms with van der Waals surface area (Å²) in [7, 11) is 2.57. The van der Waals surface area contributed by atoms with E-state index in [1.807, 2.05) is 0 Å². The quantitative estimate of drug-likeness (QED) is 0.163. The lowest BCUT2D eigenvalue weighted by molar-refractivity contribution is -0.882. The Hall–Kier alpha value is 0.0569. The number of quaternary nitrogens is 1. The van der Waals surface area contributed by atoms with E-state index in [9.17, 15) is 0 Å². The van der Waals surface area contributed by atoms with Crippen LogP contribution in [0, 0.1) is 0 Å². The Labute approximate surface area is 178 Å². The van der Waals surface area contributed by atoms with E-state index < -0.39 is 8.97 Å². The van der Waals surface area contributed by atoms with Gasteiger partial charge in [-0.15, -0.1) is 0 Å². The molecule has 0 aromatic carbocycles. The summed E-state index contributed by atoms with van der Waals surface area (Å²) in [6, 6.07) is 0.484. The standard InChI is InChI=1S/C23H52NO3Si/c1-8-11-13-15-17-19-21-24(23(4)10-3,28(25-5,26-6)27-7)22-20-18-16-14-12-9-2/h23H,8-22H2,1-7H3/q+1. The molecule has 0 saturated carbocycles. The fourth-order valence-corrected chi connectivity index (χ4v) is 7.77. The Bertz CT molecular complexity index is 326. The first-order chi connectivity index (χ1) is 13.5. The summed E-state index contributed by atoms with van der Waals surface area (Å²) in [5, 5.41) is 0. The van der Waals surface area contributed by atoms with Crippen molar-refractivity contribution in [3.63, 3.8) is 0 Å². The van der Waals surface area contributed by atoms with Crippen LogP contribution in [0.5, 0.6) is 0 Å². The normalized spacial score (nSPS) is 13.8. The maximum Gasteiger partial charge on any atom is 0.784 e. The minimum atomic E-state index is -2.79. The molecule has 0 aliphatic heterocycles. The highest BCUT2D eigenvalue weighted by atomic mass is 28.4. The zero-order chi connectivity index (χ0) is 21.3. The second-order valence-electron chi connectivity index (χ2n) is 8.41. The number of hydrogen-bond donors (Lipinski definition) is 0. The van der Waals surface area contributed by atoms with Crippen LogP contribution in [0.25, 0.3) is 0 Å². The van der Waals surface area contributed by atoms with Crippen molar-refractivity contribution < 1.29 is 17.4 Å². The average Bonchev–Trinajstić information content (AvgIpc) is 2.73. The van der Waals surface area contributed by atoms with Gasteiger partial charge in [0, 0.05) is 21.3 Å². The molecule has 28 heavy (non-hydrogen) atoms. The van der Waals surface area contributed by atoms with Gasteiger partial charge in [-0.1, -0.05) is 72.1 Å². The van der Waals surface area contributed by atoms with Crippen LogP contribution in [-0.2, 0) is 13.3 Å². The van der Waals surface area contributed by atoms with Crippen LogP contribution in [0.1, 0.15) is 111 Å². The third kappa shape index (κ3) is 8.43. The molecule has 0 aliphatic rings. The van der Waals surface area contributed by atoms with E-state index in [0.29, 0.717) is 6.04 Å². The van der Waals surface area contributed by atoms with Gasteiger partial charge in [-0.3, -0.25) is 0 Å². The highest BCUT2D eigenvalue weighted by Gasteiger charge is 2.65. The summed E-state index contributed by atoms with van der Waals surface area (Å²) >= 11 is 0. The average molecular weight is 419 g/mol. The molecule has 0 aromatic heterocycles. The highest BCUT2D eigenvalue weighted by Crippen LogP contribution is 2.32. The van der Waals surface area contributed by atoms with Crippen LogP contribution in [0.3, 0.4) is 0 Å². The summed E-state index contributed by atoms with van der Waals surface area (Å²) in [4.78, 5) is 0. The summed E-state index contributed by atoms with van der Waals surface area (Å²) in [5.74, 6) is 0. The van der Waals surface area contributed by atoms with Gasteiger partial charge in [0.2, 0.25) is 0 Å². The third-order valence-electron chi connectivity index (χ3n) is 6.58. The molecule has 0 aromatic rings. The van der Waals surface area contributed by atoms with Gasteiger partial charge in [-0.2, -0.15) is 0 Å². The first-order valence-electron chi connectivity index (χ1n) is 12.1. The lowest BCUT2D eigenvalue weighted by atomic mass is 10.1. The molecule has 0 rings (SSSR count). The van der Waals surface area contributed by atoms with Crippen molar-refractivity contribution in [3.8, 4) is 0 Å². The Morgan fingerprint density at radius 1 is 0.607 bits per heavy atom. The van der Waals surface area contributed by atoms with Crippen molar-refractivity contribution in [1.82, 2.24) is 0 Å². The van der Waals surface area contributed by atoms with E-state index >= 15 is 0 Å². The highest BCUT2D eigenvalue weighted by molar-refractivity contribution is 6.52. The summed E-state index contributed by atoms with van der Waals surface area (Å²) < 4.78 is 19.1. The second-order valence-corrected chi connectivity index (χ2v) is 11.6. The lowest BCUT2D eigenvalue weighted by Gasteiger charge is -2.50. The molecule has 0 amide bonds. The van der Waals surface area contributed by atoms with Crippen molar-refractivity contribution >= 4 is 8.97 Å². The topological polar surface area (TPSA) is 27.7 Å². The maximum absolute atomic E-state index is 6.08. The van der Waals surface area contributed by atoms with E-state index in [-0.39, 0.29) is 0 Å². The first-order valence-corrected chi connectivity index (χ1v) is 13.7. The zero-order valence-corrected chi connectivity index (χ0v) is 21.4. The molecule has 0 N–H and O–H groups in total. The van der Waals surface area contributed by atoms with Gasteiger partial charge in [-0.05, 0) is 39.0 Å². The van der Waals surface area contributed by atoms with Crippen LogP contribution >= 0.6 is 0 Å². The van der Waals surface area contributed by atoms with E-state index in [1.165, 1.54) is 77.0 Å². The molecule has 1 unspecified atom stereocenters. The van der Waals surface area contributed by atoms with Crippen LogP contribution in [0.2, 0.25) is 0 Å². The largest absolute Gasteiger partial charge is 0.784 e. The van der Waals surface area contributed by atoms with E-state index in [1.54, 1.807) is 21.3 Å². The Morgan fingerprint density at radius 3 is 1.29 bits per heavy atom. The number of nitrogens with zero attached hydrogens (tertiary/aromatic N) is 1. The molecule has 1 atom stereocenters. The summed E-state index contributed by atoms with van der Waals surface area (Å²) in [6.07, 6.45) is 16.9. The molecule has 5 heteroatoms. The second kappa shape index (κ2) is 16.8. The third-order valence-corrected chi connectivity index (χ3v) is 10.1. The molecule has 0 fully saturated rings. The molecule has 0 radical (unpaired) electrons. The molecule has 0 spiro atoms. The van der Waals surface area contributed by atoms with Crippen LogP contribution in [-0.4, -0.2) is 53.6 Å². The van der Waals surface area contributed by atoms with E-state index in [2.05, 4.69) is 27.7 Å². The molecule has 0 bridgehead atoms. The van der Waals surface area contributed by atoms with Gasteiger partial charge in [0.1, 0.15) is 0 Å². The van der Waals surface area contributed by atoms with Crippen molar-refractivity contribution in [2.75, 3.05) is 34.4 Å². The lowest BCUT2D eigenvalue weighted by Crippen LogP contribution is -2.75. The minimum Gasteiger partial charge on any atom is -0.328 e. The Balaban J connectivity index is 5.23. The molecule has 0 aliphatic carbocycles. The summed E-state index contributed by atoms with van der Waals surface area (Å²) in [6.45, 7) is 11.4. The predicted octanol–water partition coefficient (Wildman–Crippen LogP) is 6.70. The van der Waals surface area contributed by atoms with Crippen molar-refractivity contribution in [1.29, 1.82) is 0 Å². The first kappa shape index (κ1) is 28.1. The minimum absolute atomic E-state index is 0.484. The number of hydrogen-bond acceptors (Lipinski definition) is 3. The molecular weight excluding hydrogens is 366 g/mol. The van der Waals surface area contributed by atoms with Gasteiger partial charge >= 0.3 is 8.97 Å². The molecule has 0 heterocycles. The summed E-state index contributed by atoms with van der Waals surface area (Å²) in [5.41, 5.74) is 0. The van der Waals surface area contributed by atoms with Gasteiger partial charge in [0.15, 0.2) is 0 Å². The van der Waals surface area contributed by atoms with Crippen molar-refractivity contribution in [2.24, 2.45) is 0 Å². The maximum atomic E-state index is 6.08. The van der Waals surface area contributed by atoms with Crippen LogP contribution in [0.15, 0.2) is 0 Å². The van der Waals surface area contributed by atoms with Crippen LogP contribution in [0.4, 0.5) is 0 Å². The van der Waals surface area contributed by atoms with Gasteiger partial charge in [0.05, 0.1) is 19.1 Å². The SMILES string of the molecule is CCCCCCCC[N+](CCCCCCCC)(C(C)CC)[Si](OC)(OC)OC. The fraction of sp³-hybridized carbons (Fsp3) is 1.00. The fourth-order valence-electron chi connectivity index (χ4n) is 4.59. The van der Waals surface area contributed by atoms with Gasteiger partial charge in [-0.25, -0.2) is 0 Å². The molecule has 0 saturated heterocycles. The van der Waals surface area contributed by atoms with Gasteiger partial charge < -0.3 is 17.4 Å². The zero-order valence-electron chi connectivity index (χ0n) is 20.4. The van der Waals surface area contributed by atoms with E-state index in [0.717, 1.165) is 23.7 Å².